The van der Waals surface area contributed by atoms with E-state index in [0.717, 1.165) is 47.4 Å². The average molecular weight is 603 g/mol. The monoisotopic (exact) mass is 602 g/mol. The lowest BCUT2D eigenvalue weighted by Crippen LogP contribution is -2.33. The van der Waals surface area contributed by atoms with Crippen molar-refractivity contribution in [3.8, 4) is 5.75 Å². The fraction of sp³-hybridized carbons (Fsp3) is 0.432. The van der Waals surface area contributed by atoms with Crippen LogP contribution in [0, 0.1) is 19.3 Å². The Morgan fingerprint density at radius 2 is 1.47 bits per heavy atom. The Kier molecular flexibility index (Phi) is 19.7. The number of Topliss-reactive ketones (excluding diaryl/α,β-unsaturated/α-hetero) is 1. The van der Waals surface area contributed by atoms with Crippen LogP contribution in [0.3, 0.4) is 0 Å². The third-order valence-corrected chi connectivity index (χ3v) is 6.27. The van der Waals surface area contributed by atoms with E-state index in [2.05, 4.69) is 52.1 Å². The van der Waals surface area contributed by atoms with Gasteiger partial charge in [-0.15, -0.1) is 0 Å². The van der Waals surface area contributed by atoms with Gasteiger partial charge in [0.15, 0.2) is 0 Å². The topological polar surface area (TPSA) is 35.5 Å². The fourth-order valence-electron chi connectivity index (χ4n) is 3.42. The molecular formula is C37H53F3O3. The summed E-state index contributed by atoms with van der Waals surface area (Å²) in [5.74, 6) is 1.46. The molecule has 240 valence electrons. The number of halogens is 3. The molecule has 3 nitrogen and oxygen atoms in total. The normalized spacial score (nSPS) is 11.4. The van der Waals surface area contributed by atoms with Crippen molar-refractivity contribution in [3.63, 3.8) is 0 Å². The van der Waals surface area contributed by atoms with Crippen LogP contribution in [0.25, 0.3) is 11.6 Å². The van der Waals surface area contributed by atoms with Gasteiger partial charge < -0.3 is 9.47 Å². The summed E-state index contributed by atoms with van der Waals surface area (Å²) in [6.45, 7) is 25.1. The van der Waals surface area contributed by atoms with Crippen LogP contribution >= 0.6 is 0 Å². The van der Waals surface area contributed by atoms with Crippen molar-refractivity contribution in [2.24, 2.45) is 5.41 Å². The van der Waals surface area contributed by atoms with Crippen LogP contribution in [-0.2, 0) is 16.0 Å². The highest BCUT2D eigenvalue weighted by molar-refractivity contribution is 5.88. The molecule has 43 heavy (non-hydrogen) atoms. The minimum Gasteiger partial charge on any atom is -0.501 e. The fourth-order valence-corrected chi connectivity index (χ4v) is 3.42. The van der Waals surface area contributed by atoms with Gasteiger partial charge in [-0.2, -0.15) is 13.2 Å². The molecule has 0 bridgehead atoms. The summed E-state index contributed by atoms with van der Waals surface area (Å²) in [7, 11) is 3.09. The van der Waals surface area contributed by atoms with Crippen LogP contribution in [0.2, 0.25) is 0 Å². The molecule has 2 aromatic carbocycles. The highest BCUT2D eigenvalue weighted by Gasteiger charge is 2.48. The number of carbonyl (C=O) groups excluding carboxylic acids is 1. The van der Waals surface area contributed by atoms with Crippen LogP contribution in [-0.4, -0.2) is 26.2 Å². The smallest absolute Gasteiger partial charge is 0.397 e. The summed E-state index contributed by atoms with van der Waals surface area (Å²) in [5.41, 5.74) is 4.65. The van der Waals surface area contributed by atoms with E-state index in [1.54, 1.807) is 21.0 Å². The van der Waals surface area contributed by atoms with E-state index in [4.69, 9.17) is 9.47 Å². The van der Waals surface area contributed by atoms with Crippen LogP contribution in [0.5, 0.6) is 5.75 Å². The van der Waals surface area contributed by atoms with Gasteiger partial charge in [0.05, 0.1) is 25.4 Å². The average Bonchev–Trinajstić information content (AvgIpc) is 2.94. The SMILES string of the molecule is C=C(/C=C(/C)OC)C(C)(C)C(F)(F)F.C=C/C(=C\c1cc(OC)c(C)cc1C)c1ccc(CC(C)=O)cc1.CC.CCC. The van der Waals surface area contributed by atoms with Crippen LogP contribution in [0.15, 0.2) is 73.0 Å². The molecule has 0 N–H and O–H groups in total. The first-order valence-corrected chi connectivity index (χ1v) is 14.5. The van der Waals surface area contributed by atoms with E-state index in [1.807, 2.05) is 51.1 Å². The lowest BCUT2D eigenvalue weighted by atomic mass is 9.84. The second-order valence-corrected chi connectivity index (χ2v) is 10.4. The minimum atomic E-state index is -4.30. The van der Waals surface area contributed by atoms with Crippen LogP contribution in [0.1, 0.15) is 89.6 Å². The van der Waals surface area contributed by atoms with Crippen LogP contribution < -0.4 is 4.74 Å². The van der Waals surface area contributed by atoms with E-state index in [9.17, 15) is 18.0 Å². The first kappa shape index (κ1) is 41.6. The number of ether oxygens (including phenoxy) is 2. The number of ketones is 1. The van der Waals surface area contributed by atoms with E-state index in [1.165, 1.54) is 25.2 Å². The highest BCUT2D eigenvalue weighted by Crippen LogP contribution is 2.43. The van der Waals surface area contributed by atoms with Gasteiger partial charge >= 0.3 is 6.18 Å². The summed E-state index contributed by atoms with van der Waals surface area (Å²) in [5, 5.41) is 0. The molecule has 0 heterocycles. The number of benzene rings is 2. The number of alkyl halides is 3. The van der Waals surface area contributed by atoms with Crippen molar-refractivity contribution in [2.75, 3.05) is 14.2 Å². The zero-order valence-corrected chi connectivity index (χ0v) is 28.4. The highest BCUT2D eigenvalue weighted by atomic mass is 19.4. The molecule has 0 amide bonds. The van der Waals surface area contributed by atoms with Gasteiger partial charge in [-0.3, -0.25) is 4.79 Å². The van der Waals surface area contributed by atoms with E-state index < -0.39 is 11.6 Å². The first-order chi connectivity index (χ1) is 20.0. The molecule has 0 aliphatic heterocycles. The molecule has 0 radical (unpaired) electrons. The predicted molar refractivity (Wildman–Crippen MR) is 178 cm³/mol. The molecule has 2 aromatic rings. The number of rotatable bonds is 9. The number of hydrogen-bond acceptors (Lipinski definition) is 3. The number of carbonyl (C=O) groups is 1. The number of hydrogen-bond donors (Lipinski definition) is 0. The molecule has 0 unspecified atom stereocenters. The third kappa shape index (κ3) is 14.5. The van der Waals surface area contributed by atoms with E-state index >= 15 is 0 Å². The summed E-state index contributed by atoms with van der Waals surface area (Å²) < 4.78 is 47.7. The van der Waals surface area contributed by atoms with Gasteiger partial charge in [0.1, 0.15) is 11.5 Å². The van der Waals surface area contributed by atoms with Crippen molar-refractivity contribution in [1.29, 1.82) is 0 Å². The molecule has 0 fully saturated rings. The summed E-state index contributed by atoms with van der Waals surface area (Å²) in [4.78, 5) is 11.2. The van der Waals surface area contributed by atoms with Gasteiger partial charge in [0, 0.05) is 6.42 Å². The van der Waals surface area contributed by atoms with Gasteiger partial charge in [-0.05, 0) is 98.7 Å². The molecule has 0 saturated heterocycles. The van der Waals surface area contributed by atoms with Crippen molar-refractivity contribution in [2.45, 2.75) is 88.3 Å². The molecule has 0 spiro atoms. The molecule has 2 rings (SSSR count). The first-order valence-electron chi connectivity index (χ1n) is 14.5. The van der Waals surface area contributed by atoms with E-state index in [-0.39, 0.29) is 11.4 Å². The number of methoxy groups -OCH3 is 2. The lowest BCUT2D eigenvalue weighted by molar-refractivity contribution is -0.196. The summed E-state index contributed by atoms with van der Waals surface area (Å²) in [6, 6.07) is 12.2. The Labute approximate surface area is 259 Å². The van der Waals surface area contributed by atoms with Crippen molar-refractivity contribution < 1.29 is 27.4 Å². The van der Waals surface area contributed by atoms with Gasteiger partial charge in [0.2, 0.25) is 0 Å². The summed E-state index contributed by atoms with van der Waals surface area (Å²) in [6.07, 6.45) is 2.69. The van der Waals surface area contributed by atoms with Crippen molar-refractivity contribution in [1.82, 2.24) is 0 Å². The summed E-state index contributed by atoms with van der Waals surface area (Å²) >= 11 is 0. The van der Waals surface area contributed by atoms with Crippen molar-refractivity contribution >= 4 is 17.4 Å². The predicted octanol–water partition coefficient (Wildman–Crippen LogP) is 11.3. The molecule has 6 heteroatoms. The second kappa shape index (κ2) is 20.4. The van der Waals surface area contributed by atoms with E-state index in [0.29, 0.717) is 12.2 Å². The molecule has 0 saturated carbocycles. The third-order valence-electron chi connectivity index (χ3n) is 6.27. The molecule has 0 aliphatic rings. The van der Waals surface area contributed by atoms with Gasteiger partial charge in [0.25, 0.3) is 0 Å². The maximum absolute atomic E-state index is 12.5. The van der Waals surface area contributed by atoms with Gasteiger partial charge in [-0.1, -0.05) is 83.7 Å². The Hall–Kier alpha value is -3.54. The maximum atomic E-state index is 12.5. The zero-order valence-electron chi connectivity index (χ0n) is 28.4. The Morgan fingerprint density at radius 3 is 1.86 bits per heavy atom. The molecule has 0 atom stereocenters. The molecular weight excluding hydrogens is 549 g/mol. The second-order valence-electron chi connectivity index (χ2n) is 10.4. The Bertz CT molecular complexity index is 1210. The van der Waals surface area contributed by atoms with Crippen molar-refractivity contribution in [3.05, 3.63) is 101 Å². The van der Waals surface area contributed by atoms with Crippen LogP contribution in [0.4, 0.5) is 13.2 Å². The standard InChI is InChI=1S/C22H24O2.C10H15F3O.C3H8.C2H6/c1-6-19(20-9-7-18(8-10-20)12-17(4)23)13-21-14-22(24-5)16(3)11-15(21)2;1-7(6-8(2)14-5)9(3,4)10(11,12)13;1-3-2;1-2/h6-11,13-14H,1,12H2,2-5H3;6H,1H2,2-5H3;3H2,1-2H3;1-2H3/b19-13+;8-6-;;. The minimum absolute atomic E-state index is 0.00986. The number of allylic oxidation sites excluding steroid dienone is 5. The Balaban J connectivity index is 0. The largest absolute Gasteiger partial charge is 0.501 e. The maximum Gasteiger partial charge on any atom is 0.397 e. The lowest BCUT2D eigenvalue weighted by Gasteiger charge is -2.28. The number of aryl methyl sites for hydroxylation is 2. The molecule has 0 aromatic heterocycles. The van der Waals surface area contributed by atoms with Gasteiger partial charge in [-0.25, -0.2) is 0 Å². The Morgan fingerprint density at radius 1 is 0.953 bits per heavy atom. The quantitative estimate of drug-likeness (QED) is 0.163. The molecule has 0 aliphatic carbocycles. The zero-order chi connectivity index (χ0) is 34.0.